The number of amides is 1. The molecule has 1 heterocycles. The van der Waals surface area contributed by atoms with Crippen molar-refractivity contribution in [1.82, 2.24) is 0 Å². The maximum Gasteiger partial charge on any atom is 0.291 e. The number of rotatable bonds is 6. The highest BCUT2D eigenvalue weighted by atomic mass is 32.2. The summed E-state index contributed by atoms with van der Waals surface area (Å²) in [5.74, 6) is -0.460. The second-order valence-corrected chi connectivity index (χ2v) is 9.13. The molecule has 3 aromatic carbocycles. The molecule has 0 aliphatic carbocycles. The first-order valence-electron chi connectivity index (χ1n) is 10.00. The van der Waals surface area contributed by atoms with Crippen molar-refractivity contribution in [2.24, 2.45) is 0 Å². The van der Waals surface area contributed by atoms with Gasteiger partial charge in [-0.1, -0.05) is 30.3 Å². The number of para-hydroxylation sites is 3. The number of fused-ring (bicyclic) bond motifs is 1. The third-order valence-corrected chi connectivity index (χ3v) is 6.61. The van der Waals surface area contributed by atoms with Gasteiger partial charge in [-0.25, -0.2) is 8.42 Å². The number of aryl methyl sites for hydroxylation is 2. The fourth-order valence-corrected chi connectivity index (χ4v) is 4.59. The molecule has 1 aromatic heterocycles. The van der Waals surface area contributed by atoms with Gasteiger partial charge in [-0.3, -0.25) is 9.52 Å². The molecule has 0 radical (unpaired) electrons. The van der Waals surface area contributed by atoms with Gasteiger partial charge >= 0.3 is 0 Å². The summed E-state index contributed by atoms with van der Waals surface area (Å²) in [6.07, 6.45) is 0. The smallest absolute Gasteiger partial charge is 0.291 e. The van der Waals surface area contributed by atoms with E-state index in [1.54, 1.807) is 31.2 Å². The van der Waals surface area contributed by atoms with Gasteiger partial charge in [0.1, 0.15) is 17.1 Å². The van der Waals surface area contributed by atoms with E-state index in [-0.39, 0.29) is 27.8 Å². The molecule has 0 spiro atoms. The molecule has 0 atom stereocenters. The fourth-order valence-electron chi connectivity index (χ4n) is 3.49. The monoisotopic (exact) mass is 466 g/mol. The predicted octanol–water partition coefficient (Wildman–Crippen LogP) is 4.82. The molecule has 0 bridgehead atoms. The fraction of sp³-hybridized carbons (Fsp3) is 0.125. The Bertz CT molecular complexity index is 1470. The Morgan fingerprint density at radius 3 is 2.48 bits per heavy atom. The zero-order valence-corrected chi connectivity index (χ0v) is 19.0. The van der Waals surface area contributed by atoms with E-state index >= 15 is 0 Å². The highest BCUT2D eigenvalue weighted by Gasteiger charge is 2.22. The lowest BCUT2D eigenvalue weighted by molar-refractivity contribution is 0.0997. The van der Waals surface area contributed by atoms with E-state index in [1.165, 1.54) is 25.3 Å². The van der Waals surface area contributed by atoms with E-state index in [0.29, 0.717) is 16.9 Å². The topological polar surface area (TPSA) is 118 Å². The summed E-state index contributed by atoms with van der Waals surface area (Å²) < 4.78 is 39.2. The average molecular weight is 467 g/mol. The minimum absolute atomic E-state index is 0.0699. The zero-order chi connectivity index (χ0) is 23.8. The highest BCUT2D eigenvalue weighted by molar-refractivity contribution is 7.92. The van der Waals surface area contributed by atoms with Gasteiger partial charge in [0.25, 0.3) is 15.9 Å². The molecule has 4 rings (SSSR count). The van der Waals surface area contributed by atoms with Crippen molar-refractivity contribution in [3.05, 3.63) is 77.6 Å². The lowest BCUT2D eigenvalue weighted by atomic mass is 10.1. The van der Waals surface area contributed by atoms with Crippen LogP contribution in [0.1, 0.15) is 21.7 Å². The summed E-state index contributed by atoms with van der Waals surface area (Å²) in [7, 11) is -2.60. The van der Waals surface area contributed by atoms with Crippen molar-refractivity contribution in [1.29, 1.82) is 0 Å². The molecule has 8 nitrogen and oxygen atoms in total. The maximum absolute atomic E-state index is 12.9. The van der Waals surface area contributed by atoms with E-state index in [9.17, 15) is 18.3 Å². The van der Waals surface area contributed by atoms with E-state index in [0.717, 1.165) is 10.9 Å². The summed E-state index contributed by atoms with van der Waals surface area (Å²) >= 11 is 0. The van der Waals surface area contributed by atoms with E-state index in [2.05, 4.69) is 10.0 Å². The molecule has 1 amide bonds. The molecule has 0 aliphatic heterocycles. The number of benzene rings is 3. The van der Waals surface area contributed by atoms with Gasteiger partial charge < -0.3 is 19.6 Å². The van der Waals surface area contributed by atoms with Crippen LogP contribution in [0.2, 0.25) is 0 Å². The number of sulfonamides is 1. The second-order valence-electron chi connectivity index (χ2n) is 7.45. The predicted molar refractivity (Wildman–Crippen MR) is 126 cm³/mol. The Hall–Kier alpha value is -3.98. The summed E-state index contributed by atoms with van der Waals surface area (Å²) in [5, 5.41) is 13.6. The largest absolute Gasteiger partial charge is 0.506 e. The lowest BCUT2D eigenvalue weighted by Crippen LogP contribution is -2.15. The number of carbonyl (C=O) groups is 1. The van der Waals surface area contributed by atoms with E-state index in [4.69, 9.17) is 9.15 Å². The van der Waals surface area contributed by atoms with Crippen LogP contribution in [0, 0.1) is 13.8 Å². The van der Waals surface area contributed by atoms with Gasteiger partial charge in [0.2, 0.25) is 0 Å². The number of aromatic hydroxyl groups is 1. The van der Waals surface area contributed by atoms with Crippen molar-refractivity contribution < 1.29 is 27.5 Å². The number of hydrogen-bond donors (Lipinski definition) is 3. The van der Waals surface area contributed by atoms with Gasteiger partial charge in [-0.05, 0) is 49.7 Å². The van der Waals surface area contributed by atoms with Crippen LogP contribution >= 0.6 is 0 Å². The van der Waals surface area contributed by atoms with Crippen LogP contribution in [0.15, 0.2) is 70.0 Å². The number of ether oxygens (including phenoxy) is 1. The summed E-state index contributed by atoms with van der Waals surface area (Å²) in [5.41, 5.74) is 2.31. The van der Waals surface area contributed by atoms with Gasteiger partial charge in [0, 0.05) is 10.9 Å². The Morgan fingerprint density at radius 2 is 1.76 bits per heavy atom. The molecular weight excluding hydrogens is 444 g/mol. The third-order valence-electron chi connectivity index (χ3n) is 5.24. The molecular formula is C24H22N2O6S. The second kappa shape index (κ2) is 8.51. The number of methoxy groups -OCH3 is 1. The minimum Gasteiger partial charge on any atom is -0.506 e. The maximum atomic E-state index is 12.9. The Kier molecular flexibility index (Phi) is 5.73. The van der Waals surface area contributed by atoms with Crippen LogP contribution in [0.25, 0.3) is 11.0 Å². The molecule has 0 fully saturated rings. The third kappa shape index (κ3) is 4.22. The molecule has 170 valence electrons. The van der Waals surface area contributed by atoms with Crippen LogP contribution < -0.4 is 14.8 Å². The summed E-state index contributed by atoms with van der Waals surface area (Å²) in [6.45, 7) is 3.64. The molecule has 0 aliphatic rings. The Morgan fingerprint density at radius 1 is 1.00 bits per heavy atom. The number of phenolic OH excluding ortho intramolecular Hbond substituents is 1. The molecule has 9 heteroatoms. The number of furan rings is 1. The molecule has 0 saturated heterocycles. The van der Waals surface area contributed by atoms with Crippen molar-refractivity contribution in [3.8, 4) is 11.5 Å². The van der Waals surface area contributed by atoms with Crippen LogP contribution in [0.3, 0.4) is 0 Å². The van der Waals surface area contributed by atoms with Crippen molar-refractivity contribution in [2.45, 2.75) is 18.7 Å². The molecule has 0 unspecified atom stereocenters. The average Bonchev–Trinajstić information content (AvgIpc) is 3.13. The number of anilines is 2. The van der Waals surface area contributed by atoms with Gasteiger partial charge in [-0.2, -0.15) is 0 Å². The lowest BCUT2D eigenvalue weighted by Gasteiger charge is -2.13. The van der Waals surface area contributed by atoms with Gasteiger partial charge in [0.05, 0.1) is 23.4 Å². The standard InChI is InChI=1S/C24H22N2O6S/c1-14-7-6-8-17-15(2)23(32-22(14)17)24(28)25-19-13-16(11-12-20(19)27)33(29,30)26-18-9-4-5-10-21(18)31-3/h4-13,26-27H,1-3H3,(H,25,28). The van der Waals surface area contributed by atoms with Gasteiger partial charge in [0.15, 0.2) is 5.76 Å². The SMILES string of the molecule is COc1ccccc1NS(=O)(=O)c1ccc(O)c(NC(=O)c2oc3c(C)cccc3c2C)c1. The summed E-state index contributed by atoms with van der Waals surface area (Å²) in [6, 6.07) is 15.8. The normalized spacial score (nSPS) is 11.4. The van der Waals surface area contributed by atoms with Crippen molar-refractivity contribution >= 4 is 38.3 Å². The number of carbonyl (C=O) groups excluding carboxylic acids is 1. The Labute approximate surface area is 190 Å². The number of phenols is 1. The van der Waals surface area contributed by atoms with Crippen LogP contribution in [-0.4, -0.2) is 26.5 Å². The highest BCUT2D eigenvalue weighted by Crippen LogP contribution is 2.32. The quantitative estimate of drug-likeness (QED) is 0.351. The number of nitrogens with one attached hydrogen (secondary N) is 2. The first-order valence-corrected chi connectivity index (χ1v) is 11.5. The van der Waals surface area contributed by atoms with Crippen molar-refractivity contribution in [2.75, 3.05) is 17.1 Å². The first kappa shape index (κ1) is 22.2. The van der Waals surface area contributed by atoms with E-state index < -0.39 is 15.9 Å². The Balaban J connectivity index is 1.65. The van der Waals surface area contributed by atoms with Crippen LogP contribution in [-0.2, 0) is 10.0 Å². The van der Waals surface area contributed by atoms with Crippen LogP contribution in [0.4, 0.5) is 11.4 Å². The van der Waals surface area contributed by atoms with E-state index in [1.807, 2.05) is 25.1 Å². The van der Waals surface area contributed by atoms with Crippen LogP contribution in [0.5, 0.6) is 11.5 Å². The number of hydrogen-bond acceptors (Lipinski definition) is 6. The van der Waals surface area contributed by atoms with Crippen molar-refractivity contribution in [3.63, 3.8) is 0 Å². The first-order chi connectivity index (χ1) is 15.7. The minimum atomic E-state index is -4.04. The molecule has 0 saturated carbocycles. The molecule has 3 N–H and O–H groups in total. The van der Waals surface area contributed by atoms with Gasteiger partial charge in [-0.15, -0.1) is 0 Å². The molecule has 4 aromatic rings. The zero-order valence-electron chi connectivity index (χ0n) is 18.2. The molecule has 33 heavy (non-hydrogen) atoms. The summed E-state index contributed by atoms with van der Waals surface area (Å²) in [4.78, 5) is 12.8.